The number of aliphatic hydroxyl groups excluding tert-OH is 1. The lowest BCUT2D eigenvalue weighted by atomic mass is 9.85. The van der Waals surface area contributed by atoms with Crippen LogP contribution in [0.2, 0.25) is 0 Å². The number of carbonyl (C=O) groups is 4. The molecule has 6 atom stereocenters. The quantitative estimate of drug-likeness (QED) is 0.159. The number of nitrogens with one attached hydrogen (secondary N) is 3. The molecule has 1 unspecified atom stereocenters. The number of benzene rings is 1. The lowest BCUT2D eigenvalue weighted by Gasteiger charge is -2.30. The van der Waals surface area contributed by atoms with Crippen molar-refractivity contribution in [2.75, 3.05) is 6.54 Å². The Morgan fingerprint density at radius 1 is 0.925 bits per heavy atom. The fourth-order valence-electron chi connectivity index (χ4n) is 4.37. The van der Waals surface area contributed by atoms with Crippen LogP contribution in [0.15, 0.2) is 30.3 Å². The Bertz CT molecular complexity index is 939. The van der Waals surface area contributed by atoms with Crippen molar-refractivity contribution in [1.82, 2.24) is 16.0 Å². The molecule has 10 nitrogen and oxygen atoms in total. The summed E-state index contributed by atoms with van der Waals surface area (Å²) in [6, 6.07) is 5.93. The van der Waals surface area contributed by atoms with Crippen LogP contribution in [0.3, 0.4) is 0 Å². The molecule has 40 heavy (non-hydrogen) atoms. The summed E-state index contributed by atoms with van der Waals surface area (Å²) in [4.78, 5) is 50.2. The summed E-state index contributed by atoms with van der Waals surface area (Å²) in [7, 11) is 0. The second-order valence-electron chi connectivity index (χ2n) is 11.6. The molecule has 0 bridgehead atoms. The summed E-state index contributed by atoms with van der Waals surface area (Å²) in [6.07, 6.45) is 0.187. The van der Waals surface area contributed by atoms with Gasteiger partial charge in [-0.05, 0) is 42.6 Å². The van der Waals surface area contributed by atoms with E-state index in [2.05, 4.69) is 29.8 Å². The molecule has 1 aromatic rings. The van der Waals surface area contributed by atoms with Crippen molar-refractivity contribution >= 4 is 23.7 Å². The fraction of sp³-hybridized carbons (Fsp3) is 0.667. The van der Waals surface area contributed by atoms with E-state index in [1.54, 1.807) is 0 Å². The van der Waals surface area contributed by atoms with Crippen molar-refractivity contribution in [3.8, 4) is 0 Å². The molecule has 7 N–H and O–H groups in total. The fourth-order valence-corrected chi connectivity index (χ4v) is 4.37. The van der Waals surface area contributed by atoms with Gasteiger partial charge < -0.3 is 31.9 Å². The summed E-state index contributed by atoms with van der Waals surface area (Å²) < 4.78 is 0. The topological polar surface area (TPSA) is 171 Å². The Morgan fingerprint density at radius 3 is 2.08 bits per heavy atom. The van der Waals surface area contributed by atoms with Crippen LogP contribution in [0.5, 0.6) is 0 Å². The van der Waals surface area contributed by atoms with E-state index in [1.807, 2.05) is 58.0 Å². The van der Waals surface area contributed by atoms with Crippen LogP contribution in [0.25, 0.3) is 0 Å². The first kappa shape index (κ1) is 35.0. The maximum Gasteiger partial charge on any atom is 0.326 e. The van der Waals surface area contributed by atoms with E-state index >= 15 is 0 Å². The van der Waals surface area contributed by atoms with Crippen molar-refractivity contribution in [2.45, 2.75) is 97.9 Å². The molecule has 1 aromatic carbocycles. The molecule has 0 spiro atoms. The summed E-state index contributed by atoms with van der Waals surface area (Å²) in [5.74, 6) is -2.84. The Hall–Kier alpha value is -2.98. The van der Waals surface area contributed by atoms with Gasteiger partial charge in [0.15, 0.2) is 0 Å². The Kier molecular flexibility index (Phi) is 15.5. The average Bonchev–Trinajstić information content (AvgIpc) is 2.89. The number of hydrogen-bond acceptors (Lipinski definition) is 6. The third-order valence-electron chi connectivity index (χ3n) is 7.13. The molecule has 10 heteroatoms. The Labute approximate surface area is 238 Å². The van der Waals surface area contributed by atoms with Crippen LogP contribution >= 0.6 is 0 Å². The highest BCUT2D eigenvalue weighted by Gasteiger charge is 2.32. The molecule has 0 aliphatic rings. The molecule has 1 rings (SSSR count). The molecule has 0 saturated carbocycles. The summed E-state index contributed by atoms with van der Waals surface area (Å²) in [5.41, 5.74) is 6.80. The predicted octanol–water partition coefficient (Wildman–Crippen LogP) is 2.23. The van der Waals surface area contributed by atoms with Gasteiger partial charge in [0.05, 0.1) is 24.6 Å². The predicted molar refractivity (Wildman–Crippen MR) is 155 cm³/mol. The number of carboxylic acid groups (broad SMARTS) is 1. The second-order valence-corrected chi connectivity index (χ2v) is 11.6. The van der Waals surface area contributed by atoms with Gasteiger partial charge in [-0.25, -0.2) is 4.79 Å². The number of nitrogens with two attached hydrogens (primary N) is 1. The number of aliphatic carboxylic acids is 1. The Morgan fingerprint density at radius 2 is 1.55 bits per heavy atom. The number of hydrogen-bond donors (Lipinski definition) is 6. The maximum atomic E-state index is 12.9. The SMILES string of the molecule is CC[C@H](C)CNC(=O)C(C[C@H](O)[C@H](CC(C)C)NC(=O)C[C@H](NC(=O)[C@@H](N)Cc1ccccc1)C(=O)O)C(C)C. The smallest absolute Gasteiger partial charge is 0.326 e. The van der Waals surface area contributed by atoms with E-state index in [0.717, 1.165) is 12.0 Å². The summed E-state index contributed by atoms with van der Waals surface area (Å²) in [5, 5.41) is 28.8. The van der Waals surface area contributed by atoms with Crippen LogP contribution in [0.4, 0.5) is 0 Å². The highest BCUT2D eigenvalue weighted by atomic mass is 16.4. The van der Waals surface area contributed by atoms with E-state index in [9.17, 15) is 29.4 Å². The molecular weight excluding hydrogens is 512 g/mol. The third-order valence-corrected chi connectivity index (χ3v) is 7.13. The van der Waals surface area contributed by atoms with Gasteiger partial charge in [-0.15, -0.1) is 0 Å². The monoisotopic (exact) mass is 562 g/mol. The lowest BCUT2D eigenvalue weighted by molar-refractivity contribution is -0.144. The van der Waals surface area contributed by atoms with Crippen molar-refractivity contribution < 1.29 is 29.4 Å². The molecule has 0 aliphatic carbocycles. The minimum Gasteiger partial charge on any atom is -0.480 e. The Balaban J connectivity index is 2.85. The van der Waals surface area contributed by atoms with Gasteiger partial charge in [-0.1, -0.05) is 78.3 Å². The van der Waals surface area contributed by atoms with E-state index < -0.39 is 54.4 Å². The minimum atomic E-state index is -1.49. The van der Waals surface area contributed by atoms with Crippen LogP contribution in [0.1, 0.15) is 72.8 Å². The highest BCUT2D eigenvalue weighted by Crippen LogP contribution is 2.22. The maximum absolute atomic E-state index is 12.9. The average molecular weight is 563 g/mol. The molecular formula is C30H50N4O6. The molecule has 0 fully saturated rings. The van der Waals surface area contributed by atoms with Gasteiger partial charge in [0.1, 0.15) is 6.04 Å². The van der Waals surface area contributed by atoms with Crippen LogP contribution in [-0.2, 0) is 25.6 Å². The first-order valence-electron chi connectivity index (χ1n) is 14.3. The van der Waals surface area contributed by atoms with E-state index in [0.29, 0.717) is 18.9 Å². The second kappa shape index (κ2) is 17.7. The number of aliphatic hydroxyl groups is 1. The van der Waals surface area contributed by atoms with E-state index in [-0.39, 0.29) is 30.6 Å². The third kappa shape index (κ3) is 12.9. The van der Waals surface area contributed by atoms with Gasteiger partial charge in [0, 0.05) is 12.5 Å². The number of rotatable bonds is 18. The first-order chi connectivity index (χ1) is 18.7. The normalized spacial score (nSPS) is 15.9. The largest absolute Gasteiger partial charge is 0.480 e. The van der Waals surface area contributed by atoms with Crippen molar-refractivity contribution in [3.05, 3.63) is 35.9 Å². The molecule has 226 valence electrons. The molecule has 3 amide bonds. The standard InChI is InChI=1S/C30H50N4O6/c1-7-20(6)17-32-28(37)22(19(4)5)15-26(35)24(13-18(2)3)33-27(36)16-25(30(39)40)34-29(38)23(31)14-21-11-9-8-10-12-21/h8-12,18-20,22-26,35H,7,13-17,31H2,1-6H3,(H,32,37)(H,33,36)(H,34,38)(H,39,40)/t20-,22?,23-,24-,25-,26-/m0/s1. The van der Waals surface area contributed by atoms with Crippen molar-refractivity contribution in [1.29, 1.82) is 0 Å². The van der Waals surface area contributed by atoms with E-state index in [4.69, 9.17) is 5.73 Å². The number of carboxylic acids is 1. The van der Waals surface area contributed by atoms with Crippen LogP contribution in [-0.4, -0.2) is 64.7 Å². The summed E-state index contributed by atoms with van der Waals surface area (Å²) in [6.45, 7) is 12.4. The number of carbonyl (C=O) groups excluding carboxylic acids is 3. The van der Waals surface area contributed by atoms with Gasteiger partial charge in [-0.2, -0.15) is 0 Å². The minimum absolute atomic E-state index is 0.0336. The lowest BCUT2D eigenvalue weighted by Crippen LogP contribution is -2.52. The van der Waals surface area contributed by atoms with Crippen LogP contribution in [0, 0.1) is 23.7 Å². The molecule has 0 saturated heterocycles. The molecule has 0 heterocycles. The summed E-state index contributed by atoms with van der Waals surface area (Å²) >= 11 is 0. The molecule has 0 aliphatic heterocycles. The molecule has 0 radical (unpaired) electrons. The van der Waals surface area contributed by atoms with Gasteiger partial charge in [-0.3, -0.25) is 14.4 Å². The molecule has 0 aromatic heterocycles. The van der Waals surface area contributed by atoms with E-state index in [1.165, 1.54) is 0 Å². The zero-order valence-corrected chi connectivity index (χ0v) is 24.9. The van der Waals surface area contributed by atoms with Gasteiger partial charge in [0.2, 0.25) is 17.7 Å². The van der Waals surface area contributed by atoms with Gasteiger partial charge >= 0.3 is 5.97 Å². The zero-order chi connectivity index (χ0) is 30.4. The first-order valence-corrected chi connectivity index (χ1v) is 14.3. The van der Waals surface area contributed by atoms with Crippen molar-refractivity contribution in [2.24, 2.45) is 29.4 Å². The van der Waals surface area contributed by atoms with Crippen molar-refractivity contribution in [3.63, 3.8) is 0 Å². The zero-order valence-electron chi connectivity index (χ0n) is 24.9. The number of amides is 3. The van der Waals surface area contributed by atoms with Gasteiger partial charge in [0.25, 0.3) is 0 Å². The van der Waals surface area contributed by atoms with Crippen LogP contribution < -0.4 is 21.7 Å². The highest BCUT2D eigenvalue weighted by molar-refractivity contribution is 5.90.